The summed E-state index contributed by atoms with van der Waals surface area (Å²) in [4.78, 5) is 0. The largest absolute Gasteiger partial charge is 0.393 e. The van der Waals surface area contributed by atoms with Crippen LogP contribution in [0.15, 0.2) is 0 Å². The molecule has 0 radical (unpaired) electrons. The maximum atomic E-state index is 9.84. The first-order valence-corrected chi connectivity index (χ1v) is 5.51. The first kappa shape index (κ1) is 7.37. The third-order valence-electron chi connectivity index (χ3n) is 4.94. The fourth-order valence-electron chi connectivity index (χ4n) is 4.25. The molecule has 0 aromatic heterocycles. The molecule has 0 aliphatic heterocycles. The number of hydrogen-bond donors (Lipinski definition) is 1. The van der Waals surface area contributed by atoms with Gasteiger partial charge in [-0.05, 0) is 55.8 Å². The molecule has 3 aliphatic rings. The van der Waals surface area contributed by atoms with Crippen LogP contribution in [0.1, 0.15) is 44.9 Å². The van der Waals surface area contributed by atoms with Crippen LogP contribution in [-0.4, -0.2) is 11.2 Å². The van der Waals surface area contributed by atoms with Gasteiger partial charge in [0.2, 0.25) is 0 Å². The Morgan fingerprint density at radius 3 is 2.67 bits per heavy atom. The van der Waals surface area contributed by atoms with Crippen LogP contribution < -0.4 is 0 Å². The third-order valence-corrected chi connectivity index (χ3v) is 4.94. The summed E-state index contributed by atoms with van der Waals surface area (Å²) in [6.45, 7) is 0. The van der Waals surface area contributed by atoms with E-state index in [-0.39, 0.29) is 6.10 Å². The Morgan fingerprint density at radius 1 is 1.00 bits per heavy atom. The summed E-state index contributed by atoms with van der Waals surface area (Å²) in [5, 5.41) is 9.84. The van der Waals surface area contributed by atoms with Gasteiger partial charge in [-0.2, -0.15) is 0 Å². The Hall–Kier alpha value is -0.0400. The van der Waals surface area contributed by atoms with Crippen molar-refractivity contribution < 1.29 is 5.11 Å². The lowest BCUT2D eigenvalue weighted by Gasteiger charge is -2.56. The molecule has 1 heteroatoms. The van der Waals surface area contributed by atoms with E-state index in [4.69, 9.17) is 0 Å². The predicted molar refractivity (Wildman–Crippen MR) is 47.7 cm³/mol. The van der Waals surface area contributed by atoms with Crippen molar-refractivity contribution in [1.29, 1.82) is 0 Å². The van der Waals surface area contributed by atoms with Crippen LogP contribution in [-0.2, 0) is 0 Å². The minimum atomic E-state index is 0.0631. The first-order chi connectivity index (χ1) is 5.83. The van der Waals surface area contributed by atoms with Gasteiger partial charge in [0.15, 0.2) is 0 Å². The monoisotopic (exact) mass is 166 g/mol. The lowest BCUT2D eigenvalue weighted by Crippen LogP contribution is -2.52. The number of rotatable bonds is 0. The molecule has 1 nitrogen and oxygen atoms in total. The first-order valence-electron chi connectivity index (χ1n) is 5.51. The molecule has 3 rings (SSSR count). The Labute approximate surface area is 74.2 Å². The maximum Gasteiger partial charge on any atom is 0.0573 e. The van der Waals surface area contributed by atoms with E-state index in [2.05, 4.69) is 0 Å². The van der Waals surface area contributed by atoms with Crippen molar-refractivity contribution in [3.05, 3.63) is 0 Å². The number of aliphatic hydroxyl groups excluding tert-OH is 1. The second-order valence-electron chi connectivity index (χ2n) is 5.11. The fraction of sp³-hybridized carbons (Fsp3) is 1.00. The second kappa shape index (κ2) is 2.25. The smallest absolute Gasteiger partial charge is 0.0573 e. The normalized spacial score (nSPS) is 57.2. The molecular formula is C11H18O. The van der Waals surface area contributed by atoms with E-state index in [0.717, 1.165) is 12.3 Å². The summed E-state index contributed by atoms with van der Waals surface area (Å²) >= 11 is 0. The molecular weight excluding hydrogens is 148 g/mol. The van der Waals surface area contributed by atoms with Gasteiger partial charge in [-0.3, -0.25) is 0 Å². The highest BCUT2D eigenvalue weighted by atomic mass is 16.3. The van der Waals surface area contributed by atoms with Crippen molar-refractivity contribution >= 4 is 0 Å². The van der Waals surface area contributed by atoms with Gasteiger partial charge in [-0.25, -0.2) is 0 Å². The fourth-order valence-corrected chi connectivity index (χ4v) is 4.25. The van der Waals surface area contributed by atoms with Crippen molar-refractivity contribution in [2.45, 2.75) is 51.0 Å². The molecule has 3 fully saturated rings. The molecule has 3 aliphatic carbocycles. The number of hydrogen-bond acceptors (Lipinski definition) is 1. The van der Waals surface area contributed by atoms with Crippen LogP contribution in [0.25, 0.3) is 0 Å². The minimum Gasteiger partial charge on any atom is -0.393 e. The van der Waals surface area contributed by atoms with Crippen molar-refractivity contribution in [2.24, 2.45) is 17.3 Å². The predicted octanol–water partition coefficient (Wildman–Crippen LogP) is 2.34. The quantitative estimate of drug-likeness (QED) is 0.585. The molecule has 3 saturated carbocycles. The zero-order valence-electron chi connectivity index (χ0n) is 7.63. The van der Waals surface area contributed by atoms with Gasteiger partial charge in [0.25, 0.3) is 0 Å². The zero-order chi connectivity index (χ0) is 8.18. The second-order valence-corrected chi connectivity index (χ2v) is 5.11. The van der Waals surface area contributed by atoms with Crippen molar-refractivity contribution in [3.63, 3.8) is 0 Å². The van der Waals surface area contributed by atoms with Gasteiger partial charge in [0.05, 0.1) is 6.10 Å². The van der Waals surface area contributed by atoms with Crippen LogP contribution in [0.3, 0.4) is 0 Å². The topological polar surface area (TPSA) is 20.2 Å². The van der Waals surface area contributed by atoms with Gasteiger partial charge in [-0.1, -0.05) is 6.42 Å². The van der Waals surface area contributed by atoms with Crippen molar-refractivity contribution in [2.75, 3.05) is 0 Å². The third kappa shape index (κ3) is 0.693. The molecule has 0 aromatic carbocycles. The summed E-state index contributed by atoms with van der Waals surface area (Å²) < 4.78 is 0. The van der Waals surface area contributed by atoms with E-state index in [1.54, 1.807) is 0 Å². The van der Waals surface area contributed by atoms with Crippen LogP contribution in [0.5, 0.6) is 0 Å². The molecule has 0 bridgehead atoms. The summed E-state index contributed by atoms with van der Waals surface area (Å²) in [5.74, 6) is 1.71. The maximum absolute atomic E-state index is 9.84. The molecule has 12 heavy (non-hydrogen) atoms. The lowest BCUT2D eigenvalue weighted by molar-refractivity contribution is -0.121. The average molecular weight is 166 g/mol. The minimum absolute atomic E-state index is 0.0631. The molecule has 1 spiro atoms. The molecule has 0 saturated heterocycles. The van der Waals surface area contributed by atoms with E-state index < -0.39 is 0 Å². The van der Waals surface area contributed by atoms with E-state index >= 15 is 0 Å². The van der Waals surface area contributed by atoms with E-state index in [1.165, 1.54) is 38.5 Å². The molecule has 68 valence electrons. The zero-order valence-corrected chi connectivity index (χ0v) is 7.63. The molecule has 0 heterocycles. The van der Waals surface area contributed by atoms with Crippen LogP contribution >= 0.6 is 0 Å². The SMILES string of the molecule is O[C@H]1CC[C@@H]2CCC[C@@]23CC[C@@H]13. The summed E-state index contributed by atoms with van der Waals surface area (Å²) in [5.41, 5.74) is 0.650. The Bertz CT molecular complexity index is 201. The highest BCUT2D eigenvalue weighted by Gasteiger charge is 2.58. The molecule has 1 N–H and O–H groups in total. The summed E-state index contributed by atoms with van der Waals surface area (Å²) in [6.07, 6.45) is 9.55. The van der Waals surface area contributed by atoms with Crippen LogP contribution in [0.4, 0.5) is 0 Å². The molecule has 4 atom stereocenters. The molecule has 0 unspecified atom stereocenters. The Balaban J connectivity index is 1.90. The Kier molecular flexibility index (Phi) is 1.39. The van der Waals surface area contributed by atoms with Gasteiger partial charge in [0, 0.05) is 0 Å². The highest BCUT2D eigenvalue weighted by molar-refractivity contribution is 5.08. The van der Waals surface area contributed by atoms with Gasteiger partial charge in [-0.15, -0.1) is 0 Å². The van der Waals surface area contributed by atoms with E-state index in [0.29, 0.717) is 11.3 Å². The van der Waals surface area contributed by atoms with Crippen molar-refractivity contribution in [1.82, 2.24) is 0 Å². The van der Waals surface area contributed by atoms with Crippen LogP contribution in [0.2, 0.25) is 0 Å². The molecule has 0 amide bonds. The number of aliphatic hydroxyl groups is 1. The lowest BCUT2D eigenvalue weighted by atomic mass is 9.49. The van der Waals surface area contributed by atoms with E-state index in [1.807, 2.05) is 0 Å². The van der Waals surface area contributed by atoms with Gasteiger partial charge < -0.3 is 5.11 Å². The summed E-state index contributed by atoms with van der Waals surface area (Å²) in [7, 11) is 0. The van der Waals surface area contributed by atoms with Gasteiger partial charge >= 0.3 is 0 Å². The van der Waals surface area contributed by atoms with Crippen LogP contribution in [0, 0.1) is 17.3 Å². The standard InChI is InChI=1S/C11H18O/c12-10-4-3-8-2-1-6-11(8)7-5-9(10)11/h8-10,12H,1-7H2/t8-,9-,10-,11+/m0/s1. The van der Waals surface area contributed by atoms with Crippen molar-refractivity contribution in [3.8, 4) is 0 Å². The Morgan fingerprint density at radius 2 is 1.92 bits per heavy atom. The average Bonchev–Trinajstić information content (AvgIpc) is 2.42. The van der Waals surface area contributed by atoms with Gasteiger partial charge in [0.1, 0.15) is 0 Å². The summed E-state index contributed by atoms with van der Waals surface area (Å²) in [6, 6.07) is 0. The highest BCUT2D eigenvalue weighted by Crippen LogP contribution is 2.65. The molecule has 0 aromatic rings. The van der Waals surface area contributed by atoms with E-state index in [9.17, 15) is 5.11 Å².